The van der Waals surface area contributed by atoms with E-state index in [2.05, 4.69) is 28.1 Å². The molecule has 0 saturated carbocycles. The molecule has 2 atom stereocenters. The van der Waals surface area contributed by atoms with Crippen LogP contribution in [-0.2, 0) is 11.2 Å². The number of aromatic nitrogens is 2. The zero-order chi connectivity index (χ0) is 17.4. The van der Waals surface area contributed by atoms with Crippen molar-refractivity contribution in [2.75, 3.05) is 22.9 Å². The maximum Gasteiger partial charge on any atom is 0.240 e. The summed E-state index contributed by atoms with van der Waals surface area (Å²) in [6.07, 6.45) is 3.38. The van der Waals surface area contributed by atoms with Gasteiger partial charge in [-0.25, -0.2) is 0 Å². The fourth-order valence-corrected chi connectivity index (χ4v) is 5.67. The molecule has 1 saturated heterocycles. The second-order valence-electron chi connectivity index (χ2n) is 6.69. The summed E-state index contributed by atoms with van der Waals surface area (Å²) in [5, 5.41) is 9.41. The summed E-state index contributed by atoms with van der Waals surface area (Å²) >= 11 is 3.12. The van der Waals surface area contributed by atoms with Crippen molar-refractivity contribution < 1.29 is 4.79 Å². The van der Waals surface area contributed by atoms with Crippen LogP contribution in [0, 0.1) is 0 Å². The van der Waals surface area contributed by atoms with Crippen molar-refractivity contribution in [1.82, 2.24) is 10.2 Å². The van der Waals surface area contributed by atoms with Crippen molar-refractivity contribution in [3.63, 3.8) is 0 Å². The monoisotopic (exact) mass is 374 g/mol. The SMILES string of the molecule is CC(Sc1nnc(N2CCCC2)s1)C(=O)N1c2ccccc2CC1C. The summed E-state index contributed by atoms with van der Waals surface area (Å²) in [6, 6.07) is 8.41. The minimum atomic E-state index is -0.173. The second-order valence-corrected chi connectivity index (χ2v) is 9.24. The Balaban J connectivity index is 1.46. The van der Waals surface area contributed by atoms with E-state index >= 15 is 0 Å². The topological polar surface area (TPSA) is 49.3 Å². The number of hydrogen-bond donors (Lipinski definition) is 0. The van der Waals surface area contributed by atoms with E-state index in [-0.39, 0.29) is 17.2 Å². The predicted octanol–water partition coefficient (Wildman–Crippen LogP) is 3.60. The van der Waals surface area contributed by atoms with E-state index in [4.69, 9.17) is 0 Å². The van der Waals surface area contributed by atoms with Crippen LogP contribution in [-0.4, -0.2) is 40.5 Å². The Labute approximate surface area is 156 Å². The number of para-hydroxylation sites is 1. The smallest absolute Gasteiger partial charge is 0.240 e. The molecule has 2 aliphatic heterocycles. The minimum absolute atomic E-state index is 0.153. The molecule has 2 aliphatic rings. The van der Waals surface area contributed by atoms with Gasteiger partial charge < -0.3 is 9.80 Å². The predicted molar refractivity (Wildman–Crippen MR) is 104 cm³/mol. The fraction of sp³-hybridized carbons (Fsp3) is 0.500. The zero-order valence-corrected chi connectivity index (χ0v) is 16.1. The third kappa shape index (κ3) is 3.27. The first-order valence-electron chi connectivity index (χ1n) is 8.79. The third-order valence-electron chi connectivity index (χ3n) is 4.84. The summed E-state index contributed by atoms with van der Waals surface area (Å²) in [5.41, 5.74) is 2.32. The third-order valence-corrected chi connectivity index (χ3v) is 7.00. The van der Waals surface area contributed by atoms with E-state index < -0.39 is 0 Å². The fourth-order valence-electron chi connectivity index (χ4n) is 3.59. The number of hydrogen-bond acceptors (Lipinski definition) is 6. The first-order chi connectivity index (χ1) is 12.1. The molecule has 7 heteroatoms. The molecule has 132 valence electrons. The van der Waals surface area contributed by atoms with E-state index in [1.807, 2.05) is 30.0 Å². The number of anilines is 2. The van der Waals surface area contributed by atoms with E-state index in [1.54, 1.807) is 11.3 Å². The number of nitrogens with zero attached hydrogens (tertiary/aromatic N) is 4. The molecule has 0 bridgehead atoms. The highest BCUT2D eigenvalue weighted by molar-refractivity contribution is 8.02. The van der Waals surface area contributed by atoms with Gasteiger partial charge in [-0.2, -0.15) is 0 Å². The maximum absolute atomic E-state index is 13.0. The Morgan fingerprint density at radius 3 is 2.84 bits per heavy atom. The molecule has 0 radical (unpaired) electrons. The van der Waals surface area contributed by atoms with E-state index in [0.29, 0.717) is 0 Å². The largest absolute Gasteiger partial charge is 0.347 e. The average Bonchev–Trinajstić information content (AvgIpc) is 3.32. The molecular weight excluding hydrogens is 352 g/mol. The Kier molecular flexibility index (Phi) is 4.69. The van der Waals surface area contributed by atoms with E-state index in [0.717, 1.165) is 34.7 Å². The van der Waals surface area contributed by atoms with Crippen LogP contribution in [0.5, 0.6) is 0 Å². The van der Waals surface area contributed by atoms with Gasteiger partial charge in [0.25, 0.3) is 0 Å². The number of amides is 1. The Morgan fingerprint density at radius 2 is 2.04 bits per heavy atom. The van der Waals surface area contributed by atoms with E-state index in [9.17, 15) is 4.79 Å². The number of carbonyl (C=O) groups is 1. The van der Waals surface area contributed by atoms with Crippen LogP contribution < -0.4 is 9.80 Å². The Morgan fingerprint density at radius 1 is 1.28 bits per heavy atom. The van der Waals surface area contributed by atoms with Gasteiger partial charge in [0.05, 0.1) is 5.25 Å². The van der Waals surface area contributed by atoms with Gasteiger partial charge in [-0.1, -0.05) is 41.3 Å². The van der Waals surface area contributed by atoms with Gasteiger partial charge in [0, 0.05) is 24.8 Å². The molecule has 2 unspecified atom stereocenters. The van der Waals surface area contributed by atoms with Crippen molar-refractivity contribution in [2.24, 2.45) is 0 Å². The molecule has 0 N–H and O–H groups in total. The van der Waals surface area contributed by atoms with Gasteiger partial charge in [0.2, 0.25) is 11.0 Å². The summed E-state index contributed by atoms with van der Waals surface area (Å²) in [4.78, 5) is 17.3. The highest BCUT2D eigenvalue weighted by Gasteiger charge is 2.33. The highest BCUT2D eigenvalue weighted by atomic mass is 32.2. The number of thioether (sulfide) groups is 1. The molecule has 0 aliphatic carbocycles. The summed E-state index contributed by atoms with van der Waals surface area (Å²) in [5.74, 6) is 0.153. The lowest BCUT2D eigenvalue weighted by atomic mass is 10.1. The van der Waals surface area contributed by atoms with E-state index in [1.165, 1.54) is 30.2 Å². The molecule has 0 spiro atoms. The Hall–Kier alpha value is -1.60. The van der Waals surface area contributed by atoms with Crippen LogP contribution in [0.15, 0.2) is 28.6 Å². The molecule has 1 aromatic heterocycles. The van der Waals surface area contributed by atoms with Crippen molar-refractivity contribution >= 4 is 39.8 Å². The maximum atomic E-state index is 13.0. The van der Waals surface area contributed by atoms with Gasteiger partial charge in [0.1, 0.15) is 0 Å². The van der Waals surface area contributed by atoms with Gasteiger partial charge in [-0.3, -0.25) is 4.79 Å². The first-order valence-corrected chi connectivity index (χ1v) is 10.5. The van der Waals surface area contributed by atoms with Crippen LogP contribution in [0.2, 0.25) is 0 Å². The summed E-state index contributed by atoms with van der Waals surface area (Å²) < 4.78 is 0.878. The molecule has 3 heterocycles. The quantitative estimate of drug-likeness (QED) is 0.766. The molecular formula is C18H22N4OS2. The van der Waals surface area contributed by atoms with Gasteiger partial charge in [0.15, 0.2) is 4.34 Å². The molecule has 1 fully saturated rings. The minimum Gasteiger partial charge on any atom is -0.347 e. The van der Waals surface area contributed by atoms with Crippen LogP contribution in [0.25, 0.3) is 0 Å². The van der Waals surface area contributed by atoms with Gasteiger partial charge in [-0.05, 0) is 44.7 Å². The number of benzene rings is 1. The number of rotatable bonds is 4. The van der Waals surface area contributed by atoms with Crippen LogP contribution in [0.1, 0.15) is 32.3 Å². The average molecular weight is 375 g/mol. The normalized spacial score (nSPS) is 20.8. The zero-order valence-electron chi connectivity index (χ0n) is 14.5. The molecule has 1 aromatic carbocycles. The van der Waals surface area contributed by atoms with Gasteiger partial charge in [-0.15, -0.1) is 10.2 Å². The second kappa shape index (κ2) is 6.96. The lowest BCUT2D eigenvalue weighted by molar-refractivity contribution is -0.118. The molecule has 5 nitrogen and oxygen atoms in total. The van der Waals surface area contributed by atoms with Crippen molar-refractivity contribution in [3.05, 3.63) is 29.8 Å². The molecule has 25 heavy (non-hydrogen) atoms. The highest BCUT2D eigenvalue weighted by Crippen LogP contribution is 2.36. The first kappa shape index (κ1) is 16.8. The number of carbonyl (C=O) groups excluding carboxylic acids is 1. The summed E-state index contributed by atoms with van der Waals surface area (Å²) in [7, 11) is 0. The summed E-state index contributed by atoms with van der Waals surface area (Å²) in [6.45, 7) is 6.22. The molecule has 1 amide bonds. The van der Waals surface area contributed by atoms with Crippen molar-refractivity contribution in [3.8, 4) is 0 Å². The standard InChI is InChI=1S/C18H22N4OS2/c1-12-11-14-7-3-4-8-15(14)22(12)16(23)13(2)24-18-20-19-17(25-18)21-9-5-6-10-21/h3-4,7-8,12-13H,5-6,9-11H2,1-2H3. The lowest BCUT2D eigenvalue weighted by Crippen LogP contribution is -2.40. The van der Waals surface area contributed by atoms with Crippen molar-refractivity contribution in [2.45, 2.75) is 48.7 Å². The van der Waals surface area contributed by atoms with Crippen molar-refractivity contribution in [1.29, 1.82) is 0 Å². The lowest BCUT2D eigenvalue weighted by Gasteiger charge is -2.25. The van der Waals surface area contributed by atoms with Crippen LogP contribution in [0.4, 0.5) is 10.8 Å². The molecule has 4 rings (SSSR count). The van der Waals surface area contributed by atoms with Crippen LogP contribution in [0.3, 0.4) is 0 Å². The molecule has 2 aromatic rings. The number of fused-ring (bicyclic) bond motifs is 1. The van der Waals surface area contributed by atoms with Gasteiger partial charge >= 0.3 is 0 Å². The van der Waals surface area contributed by atoms with Crippen LogP contribution >= 0.6 is 23.1 Å². The Bertz CT molecular complexity index is 772.